The molecule has 1 aromatic carbocycles. The lowest BCUT2D eigenvalue weighted by Gasteiger charge is -2.40. The fourth-order valence-electron chi connectivity index (χ4n) is 4.95. The highest BCUT2D eigenvalue weighted by Crippen LogP contribution is 2.66. The quantitative estimate of drug-likeness (QED) is 0.437. The Kier molecular flexibility index (Phi) is 7.21. The van der Waals surface area contributed by atoms with Gasteiger partial charge in [0, 0.05) is 10.4 Å². The van der Waals surface area contributed by atoms with Gasteiger partial charge in [-0.3, -0.25) is 9.78 Å². The van der Waals surface area contributed by atoms with Gasteiger partial charge < -0.3 is 19.7 Å². The van der Waals surface area contributed by atoms with Gasteiger partial charge in [-0.25, -0.2) is 0 Å². The molecule has 0 amide bonds. The number of hydrogen-bond donors (Lipinski definition) is 2. The van der Waals surface area contributed by atoms with Gasteiger partial charge in [-0.1, -0.05) is 58.9 Å². The molecule has 0 spiro atoms. The first-order chi connectivity index (χ1) is 15.4. The number of aromatic nitrogens is 1. The van der Waals surface area contributed by atoms with Crippen molar-refractivity contribution in [2.75, 3.05) is 7.11 Å². The Balaban J connectivity index is 0.000000913. The Labute approximate surface area is 196 Å². The molecule has 3 atom stereocenters. The number of allylic oxidation sites excluding steroid dienone is 4. The van der Waals surface area contributed by atoms with Crippen LogP contribution in [0.2, 0.25) is 0 Å². The molecule has 6 nitrogen and oxygen atoms in total. The number of methoxy groups -OCH3 is 1. The number of aliphatic hydroxyl groups is 1. The Bertz CT molecular complexity index is 1050. The van der Waals surface area contributed by atoms with Gasteiger partial charge in [0.25, 0.3) is 6.47 Å². The zero-order valence-corrected chi connectivity index (χ0v) is 19.6. The van der Waals surface area contributed by atoms with Crippen molar-refractivity contribution in [2.24, 2.45) is 5.92 Å². The maximum atomic E-state index is 12.2. The number of rotatable bonds is 5. The number of benzene rings is 1. The van der Waals surface area contributed by atoms with Gasteiger partial charge in [-0.05, 0) is 43.0 Å². The summed E-state index contributed by atoms with van der Waals surface area (Å²) in [6.07, 6.45) is 12.5. The molecule has 2 N–H and O–H groups in total. The second-order valence-electron chi connectivity index (χ2n) is 7.52. The lowest BCUT2D eigenvalue weighted by molar-refractivity contribution is -0.122. The third kappa shape index (κ3) is 3.65. The van der Waals surface area contributed by atoms with Crippen molar-refractivity contribution in [3.05, 3.63) is 88.7 Å². The van der Waals surface area contributed by atoms with Crippen LogP contribution in [0, 0.1) is 5.92 Å². The molecule has 4 rings (SSSR count). The van der Waals surface area contributed by atoms with E-state index >= 15 is 0 Å². The summed E-state index contributed by atoms with van der Waals surface area (Å²) in [5.41, 5.74) is 0.445. The minimum atomic E-state index is -1.24. The smallest absolute Gasteiger partial charge is 0.290 e. The van der Waals surface area contributed by atoms with Crippen LogP contribution < -0.4 is 9.47 Å². The number of pyridine rings is 1. The van der Waals surface area contributed by atoms with Gasteiger partial charge in [0.15, 0.2) is 5.60 Å². The Morgan fingerprint density at radius 2 is 2.03 bits per heavy atom. The van der Waals surface area contributed by atoms with Crippen LogP contribution in [0.5, 0.6) is 11.5 Å². The van der Waals surface area contributed by atoms with E-state index in [4.69, 9.17) is 19.4 Å². The van der Waals surface area contributed by atoms with E-state index < -0.39 is 11.2 Å². The summed E-state index contributed by atoms with van der Waals surface area (Å²) >= 11 is 3.51. The van der Waals surface area contributed by atoms with Crippen molar-refractivity contribution in [1.82, 2.24) is 4.98 Å². The van der Waals surface area contributed by atoms with Crippen LogP contribution in [-0.2, 0) is 16.0 Å². The first-order valence-corrected chi connectivity index (χ1v) is 11.0. The Morgan fingerprint density at radius 1 is 1.34 bits per heavy atom. The molecule has 2 aliphatic rings. The zero-order chi connectivity index (χ0) is 23.4. The predicted molar refractivity (Wildman–Crippen MR) is 126 cm³/mol. The van der Waals surface area contributed by atoms with Crippen LogP contribution >= 0.6 is 15.9 Å². The van der Waals surface area contributed by atoms with E-state index in [1.54, 1.807) is 25.6 Å². The molecule has 7 heteroatoms. The number of carboxylic acid groups (broad SMARTS) is 1. The Hall–Kier alpha value is -2.90. The van der Waals surface area contributed by atoms with Gasteiger partial charge in [0.1, 0.15) is 17.1 Å². The van der Waals surface area contributed by atoms with Crippen molar-refractivity contribution >= 4 is 22.4 Å². The SMILES string of the molecule is C=C/C=C(\C=C/C)[C@@H]1CC[C@@]2(O)c3c(OC)cncc3O[C@@]12c1ccc(Br)cc1.O=CO. The molecular formula is C25H26BrNO5. The lowest BCUT2D eigenvalue weighted by atomic mass is 9.71. The molecule has 1 aliphatic carbocycles. The van der Waals surface area contributed by atoms with Gasteiger partial charge in [0.05, 0.1) is 25.1 Å². The molecule has 2 heterocycles. The molecule has 0 bridgehead atoms. The molecule has 1 fully saturated rings. The third-order valence-corrected chi connectivity index (χ3v) is 6.55. The topological polar surface area (TPSA) is 88.9 Å². The van der Waals surface area contributed by atoms with E-state index in [1.165, 1.54) is 0 Å². The van der Waals surface area contributed by atoms with Crippen molar-refractivity contribution in [1.29, 1.82) is 0 Å². The van der Waals surface area contributed by atoms with Crippen LogP contribution in [0.15, 0.2) is 77.6 Å². The minimum Gasteiger partial charge on any atom is -0.495 e. The molecule has 168 valence electrons. The molecule has 1 aliphatic heterocycles. The average molecular weight is 500 g/mol. The van der Waals surface area contributed by atoms with Crippen LogP contribution in [0.25, 0.3) is 0 Å². The summed E-state index contributed by atoms with van der Waals surface area (Å²) in [6.45, 7) is 5.62. The van der Waals surface area contributed by atoms with E-state index in [0.717, 1.165) is 22.0 Å². The van der Waals surface area contributed by atoms with E-state index in [-0.39, 0.29) is 12.4 Å². The number of hydrogen-bond acceptors (Lipinski definition) is 5. The van der Waals surface area contributed by atoms with E-state index in [1.807, 2.05) is 43.3 Å². The molecule has 2 aromatic rings. The van der Waals surface area contributed by atoms with Gasteiger partial charge in [-0.15, -0.1) is 0 Å². The number of halogens is 1. The first kappa shape index (κ1) is 23.8. The number of nitrogens with zero attached hydrogens (tertiary/aromatic N) is 1. The van der Waals surface area contributed by atoms with E-state index in [2.05, 4.69) is 33.6 Å². The van der Waals surface area contributed by atoms with Gasteiger partial charge >= 0.3 is 0 Å². The summed E-state index contributed by atoms with van der Waals surface area (Å²) in [5.74, 6) is 1.04. The highest BCUT2D eigenvalue weighted by atomic mass is 79.9. The minimum absolute atomic E-state index is 0.0695. The van der Waals surface area contributed by atoms with Crippen LogP contribution in [0.3, 0.4) is 0 Å². The number of ether oxygens (including phenoxy) is 2. The van der Waals surface area contributed by atoms with Crippen LogP contribution in [-0.4, -0.2) is 28.8 Å². The number of fused-ring (bicyclic) bond motifs is 3. The Morgan fingerprint density at radius 3 is 2.62 bits per heavy atom. The predicted octanol–water partition coefficient (Wildman–Crippen LogP) is 5.13. The standard InChI is InChI=1S/C24H24BrNO3.CH2O2/c1-4-6-16(7-5-2)19-12-13-23(27)22-20(28-3)14-26-15-21(22)29-24(19,23)17-8-10-18(25)11-9-17;2-1-3/h4-11,14-15,19,27H,1,12-13H2,2-3H3;1H,(H,2,3)/b7-5-,16-6+;/t19-,23+,24-;/m0./s1. The zero-order valence-electron chi connectivity index (χ0n) is 18.0. The lowest BCUT2D eigenvalue weighted by Crippen LogP contribution is -2.49. The maximum absolute atomic E-state index is 12.2. The number of carbonyl (C=O) groups is 1. The summed E-state index contributed by atoms with van der Waals surface area (Å²) in [4.78, 5) is 12.6. The molecule has 0 saturated heterocycles. The van der Waals surface area contributed by atoms with Gasteiger partial charge in [-0.2, -0.15) is 0 Å². The van der Waals surface area contributed by atoms with Crippen molar-refractivity contribution in [3.8, 4) is 11.5 Å². The van der Waals surface area contributed by atoms with E-state index in [9.17, 15) is 5.11 Å². The van der Waals surface area contributed by atoms with E-state index in [0.29, 0.717) is 23.5 Å². The van der Waals surface area contributed by atoms with Crippen LogP contribution in [0.4, 0.5) is 0 Å². The first-order valence-electron chi connectivity index (χ1n) is 10.2. The molecule has 32 heavy (non-hydrogen) atoms. The average Bonchev–Trinajstić information content (AvgIpc) is 3.22. The normalized spacial score (nSPS) is 25.9. The van der Waals surface area contributed by atoms with Crippen molar-refractivity contribution in [3.63, 3.8) is 0 Å². The maximum Gasteiger partial charge on any atom is 0.290 e. The van der Waals surface area contributed by atoms with Crippen LogP contribution in [0.1, 0.15) is 30.9 Å². The highest BCUT2D eigenvalue weighted by Gasteiger charge is 2.69. The summed E-state index contributed by atoms with van der Waals surface area (Å²) in [5, 5.41) is 19.1. The third-order valence-electron chi connectivity index (χ3n) is 6.03. The largest absolute Gasteiger partial charge is 0.495 e. The highest BCUT2D eigenvalue weighted by molar-refractivity contribution is 9.10. The monoisotopic (exact) mass is 499 g/mol. The second kappa shape index (κ2) is 9.71. The molecular weight excluding hydrogens is 474 g/mol. The molecule has 0 radical (unpaired) electrons. The van der Waals surface area contributed by atoms with Gasteiger partial charge in [0.2, 0.25) is 0 Å². The van der Waals surface area contributed by atoms with Crippen molar-refractivity contribution in [2.45, 2.75) is 31.0 Å². The molecule has 1 aromatic heterocycles. The summed E-state index contributed by atoms with van der Waals surface area (Å²) in [6, 6.07) is 7.99. The second-order valence-corrected chi connectivity index (χ2v) is 8.43. The molecule has 1 saturated carbocycles. The fourth-order valence-corrected chi connectivity index (χ4v) is 5.21. The molecule has 0 unspecified atom stereocenters. The summed E-state index contributed by atoms with van der Waals surface area (Å²) < 4.78 is 13.2. The fraction of sp³-hybridized carbons (Fsp3) is 0.280. The summed E-state index contributed by atoms with van der Waals surface area (Å²) in [7, 11) is 1.59. The van der Waals surface area contributed by atoms with Crippen molar-refractivity contribution < 1.29 is 24.5 Å².